The molecule has 4 aromatic rings. The van der Waals surface area contributed by atoms with Gasteiger partial charge in [-0.25, -0.2) is 9.50 Å². The maximum atomic E-state index is 5.33. The van der Waals surface area contributed by atoms with Crippen LogP contribution < -0.4 is 19.7 Å². The van der Waals surface area contributed by atoms with Crippen molar-refractivity contribution >= 4 is 17.4 Å². The van der Waals surface area contributed by atoms with Gasteiger partial charge in [-0.1, -0.05) is 37.6 Å². The fraction of sp³-hybridized carbons (Fsp3) is 0.346. The van der Waals surface area contributed by atoms with E-state index in [1.807, 2.05) is 30.5 Å². The number of imidazole rings is 1. The molecule has 0 amide bonds. The lowest BCUT2D eigenvalue weighted by molar-refractivity contribution is 0.414. The third-order valence-electron chi connectivity index (χ3n) is 5.70. The van der Waals surface area contributed by atoms with Crippen molar-refractivity contribution < 1.29 is 9.47 Å². The topological polar surface area (TPSA) is 76.8 Å². The fourth-order valence-corrected chi connectivity index (χ4v) is 3.92. The van der Waals surface area contributed by atoms with Gasteiger partial charge in [0.05, 0.1) is 14.2 Å². The molecular formula is C26H32N6O2. The number of nitrogens with zero attached hydrogens (tertiary/aromatic N) is 5. The highest BCUT2D eigenvalue weighted by Crippen LogP contribution is 2.25. The van der Waals surface area contributed by atoms with Crippen molar-refractivity contribution in [2.45, 2.75) is 45.8 Å². The molecule has 0 aliphatic carbocycles. The molecule has 2 heterocycles. The lowest BCUT2D eigenvalue weighted by Crippen LogP contribution is -2.26. The van der Waals surface area contributed by atoms with Crippen LogP contribution in [0.2, 0.25) is 0 Å². The molecule has 0 saturated heterocycles. The van der Waals surface area contributed by atoms with E-state index in [1.165, 1.54) is 0 Å². The summed E-state index contributed by atoms with van der Waals surface area (Å²) in [4.78, 5) is 11.7. The van der Waals surface area contributed by atoms with Crippen molar-refractivity contribution in [1.29, 1.82) is 0 Å². The SMILES string of the molecule is CCC[C@H](C)Nc1nc(N(Cc2ccc(OC)cc2)Cc2ccc(OC)cc2)c2nccn2n1. The van der Waals surface area contributed by atoms with E-state index in [0.29, 0.717) is 19.0 Å². The minimum atomic E-state index is 0.274. The van der Waals surface area contributed by atoms with Crippen molar-refractivity contribution in [3.05, 3.63) is 72.1 Å². The summed E-state index contributed by atoms with van der Waals surface area (Å²) in [6, 6.07) is 16.5. The molecule has 2 aromatic heterocycles. The average Bonchev–Trinajstić information content (AvgIpc) is 3.33. The Labute approximate surface area is 200 Å². The molecule has 1 atom stereocenters. The molecule has 0 radical (unpaired) electrons. The van der Waals surface area contributed by atoms with Gasteiger partial charge in [-0.15, -0.1) is 5.10 Å². The molecule has 178 valence electrons. The number of fused-ring (bicyclic) bond motifs is 1. The van der Waals surface area contributed by atoms with Gasteiger partial charge in [-0.3, -0.25) is 0 Å². The van der Waals surface area contributed by atoms with Gasteiger partial charge in [0.25, 0.3) is 0 Å². The summed E-state index contributed by atoms with van der Waals surface area (Å²) >= 11 is 0. The van der Waals surface area contributed by atoms with Crippen LogP contribution in [0.25, 0.3) is 5.65 Å². The zero-order valence-electron chi connectivity index (χ0n) is 20.2. The minimum absolute atomic E-state index is 0.274. The van der Waals surface area contributed by atoms with Crippen LogP contribution in [0.5, 0.6) is 11.5 Å². The number of anilines is 2. The van der Waals surface area contributed by atoms with E-state index in [2.05, 4.69) is 58.4 Å². The maximum absolute atomic E-state index is 5.33. The van der Waals surface area contributed by atoms with Gasteiger partial charge in [0.1, 0.15) is 11.5 Å². The first kappa shape index (κ1) is 23.4. The summed E-state index contributed by atoms with van der Waals surface area (Å²) in [6.45, 7) is 5.63. The molecule has 4 rings (SSSR count). The van der Waals surface area contributed by atoms with Gasteiger partial charge >= 0.3 is 0 Å². The number of nitrogens with one attached hydrogen (secondary N) is 1. The van der Waals surface area contributed by atoms with Gasteiger partial charge in [0.15, 0.2) is 11.5 Å². The van der Waals surface area contributed by atoms with Gasteiger partial charge in [-0.2, -0.15) is 4.98 Å². The largest absolute Gasteiger partial charge is 0.497 e. The number of ether oxygens (including phenoxy) is 2. The van der Waals surface area contributed by atoms with Crippen LogP contribution in [0.3, 0.4) is 0 Å². The van der Waals surface area contributed by atoms with E-state index in [9.17, 15) is 0 Å². The van der Waals surface area contributed by atoms with Gasteiger partial charge in [-0.05, 0) is 48.7 Å². The molecule has 8 nitrogen and oxygen atoms in total. The first-order chi connectivity index (χ1) is 16.6. The quantitative estimate of drug-likeness (QED) is 0.339. The third kappa shape index (κ3) is 5.57. The van der Waals surface area contributed by atoms with E-state index in [0.717, 1.165) is 46.9 Å². The van der Waals surface area contributed by atoms with Crippen LogP contribution in [0.1, 0.15) is 37.8 Å². The molecule has 2 aromatic carbocycles. The second kappa shape index (κ2) is 10.9. The van der Waals surface area contributed by atoms with Crippen molar-refractivity contribution in [3.8, 4) is 11.5 Å². The predicted octanol–water partition coefficient (Wildman–Crippen LogP) is 4.95. The summed E-state index contributed by atoms with van der Waals surface area (Å²) in [7, 11) is 3.35. The lowest BCUT2D eigenvalue weighted by Gasteiger charge is -2.25. The van der Waals surface area contributed by atoms with Crippen LogP contribution in [-0.2, 0) is 13.1 Å². The highest BCUT2D eigenvalue weighted by molar-refractivity contribution is 5.65. The Morgan fingerprint density at radius 1 is 0.941 bits per heavy atom. The number of methoxy groups -OCH3 is 2. The van der Waals surface area contributed by atoms with E-state index >= 15 is 0 Å². The molecule has 8 heteroatoms. The number of rotatable bonds is 11. The summed E-state index contributed by atoms with van der Waals surface area (Å²) in [5.41, 5.74) is 3.01. The van der Waals surface area contributed by atoms with E-state index in [4.69, 9.17) is 14.5 Å². The Kier molecular flexibility index (Phi) is 7.47. The summed E-state index contributed by atoms with van der Waals surface area (Å²) in [6.07, 6.45) is 5.75. The second-order valence-electron chi connectivity index (χ2n) is 8.34. The molecule has 0 saturated carbocycles. The highest BCUT2D eigenvalue weighted by atomic mass is 16.5. The van der Waals surface area contributed by atoms with Crippen molar-refractivity contribution in [3.63, 3.8) is 0 Å². The third-order valence-corrected chi connectivity index (χ3v) is 5.70. The zero-order valence-corrected chi connectivity index (χ0v) is 20.2. The molecule has 0 fully saturated rings. The number of hydrogen-bond donors (Lipinski definition) is 1. The number of hydrogen-bond acceptors (Lipinski definition) is 7. The van der Waals surface area contributed by atoms with Crippen molar-refractivity contribution in [1.82, 2.24) is 19.6 Å². The van der Waals surface area contributed by atoms with Crippen LogP contribution in [0.15, 0.2) is 60.9 Å². The Morgan fingerprint density at radius 2 is 1.53 bits per heavy atom. The average molecular weight is 461 g/mol. The molecule has 0 bridgehead atoms. The summed E-state index contributed by atoms with van der Waals surface area (Å²) in [5.74, 6) is 3.04. The second-order valence-corrected chi connectivity index (χ2v) is 8.34. The number of aromatic nitrogens is 4. The molecular weight excluding hydrogens is 428 g/mol. The first-order valence-electron chi connectivity index (χ1n) is 11.6. The monoisotopic (exact) mass is 460 g/mol. The van der Waals surface area contributed by atoms with Gasteiger partial charge in [0, 0.05) is 31.5 Å². The van der Waals surface area contributed by atoms with Crippen LogP contribution in [0, 0.1) is 0 Å². The maximum Gasteiger partial charge on any atom is 0.243 e. The Bertz CT molecular complexity index is 1140. The fourth-order valence-electron chi connectivity index (χ4n) is 3.92. The van der Waals surface area contributed by atoms with Crippen molar-refractivity contribution in [2.75, 3.05) is 24.4 Å². The summed E-state index contributed by atoms with van der Waals surface area (Å²) < 4.78 is 12.4. The van der Waals surface area contributed by atoms with Gasteiger partial charge in [0.2, 0.25) is 5.95 Å². The molecule has 0 aliphatic heterocycles. The zero-order chi connectivity index (χ0) is 23.9. The Balaban J connectivity index is 1.72. The standard InChI is InChI=1S/C26H32N6O2/c1-5-6-19(2)28-26-29-25(24-27-15-16-32(24)30-26)31(17-20-7-11-22(33-3)12-8-20)18-21-9-13-23(34-4)14-10-21/h7-16,19H,5-6,17-18H2,1-4H3,(H,28,30)/t19-/m0/s1. The summed E-state index contributed by atoms with van der Waals surface area (Å²) in [5, 5.41) is 8.08. The Hall–Kier alpha value is -3.81. The normalized spacial score (nSPS) is 11.9. The van der Waals surface area contributed by atoms with E-state index < -0.39 is 0 Å². The van der Waals surface area contributed by atoms with E-state index in [-0.39, 0.29) is 6.04 Å². The first-order valence-corrected chi connectivity index (χ1v) is 11.6. The molecule has 0 unspecified atom stereocenters. The molecule has 0 aliphatic rings. The smallest absolute Gasteiger partial charge is 0.243 e. The molecule has 0 spiro atoms. The van der Waals surface area contributed by atoms with Crippen LogP contribution in [0.4, 0.5) is 11.8 Å². The van der Waals surface area contributed by atoms with Crippen LogP contribution >= 0.6 is 0 Å². The van der Waals surface area contributed by atoms with Gasteiger partial charge < -0.3 is 19.7 Å². The molecule has 1 N–H and O–H groups in total. The minimum Gasteiger partial charge on any atom is -0.497 e. The predicted molar refractivity (Wildman–Crippen MR) is 135 cm³/mol. The van der Waals surface area contributed by atoms with Crippen LogP contribution in [-0.4, -0.2) is 39.8 Å². The van der Waals surface area contributed by atoms with Crippen molar-refractivity contribution in [2.24, 2.45) is 0 Å². The Morgan fingerprint density at radius 3 is 2.06 bits per heavy atom. The number of benzene rings is 2. The molecule has 34 heavy (non-hydrogen) atoms. The van der Waals surface area contributed by atoms with E-state index in [1.54, 1.807) is 24.9 Å². The lowest BCUT2D eigenvalue weighted by atomic mass is 10.1. The highest BCUT2D eigenvalue weighted by Gasteiger charge is 2.18.